The molecule has 0 atom stereocenters. The van der Waals surface area contributed by atoms with Gasteiger partial charge in [-0.3, -0.25) is 9.88 Å². The van der Waals surface area contributed by atoms with E-state index < -0.39 is 0 Å². The molecule has 162 valence electrons. The average Bonchev–Trinajstić information content (AvgIpc) is 3.29. The Morgan fingerprint density at radius 1 is 1.13 bits per heavy atom. The highest BCUT2D eigenvalue weighted by Gasteiger charge is 2.23. The highest BCUT2D eigenvalue weighted by atomic mass is 32.2. The van der Waals surface area contributed by atoms with Crippen LogP contribution >= 0.6 is 11.8 Å². The van der Waals surface area contributed by atoms with Crippen LogP contribution in [0.15, 0.2) is 60.0 Å². The first-order valence-electron chi connectivity index (χ1n) is 10.5. The summed E-state index contributed by atoms with van der Waals surface area (Å²) in [6.07, 6.45) is 4.23. The van der Waals surface area contributed by atoms with Gasteiger partial charge in [-0.15, -0.1) is 0 Å². The lowest BCUT2D eigenvalue weighted by Crippen LogP contribution is -2.49. The van der Waals surface area contributed by atoms with Gasteiger partial charge in [0.15, 0.2) is 5.16 Å². The third-order valence-electron chi connectivity index (χ3n) is 5.19. The van der Waals surface area contributed by atoms with Crippen molar-refractivity contribution in [3.8, 4) is 5.75 Å². The molecule has 2 aromatic heterocycles. The summed E-state index contributed by atoms with van der Waals surface area (Å²) in [7, 11) is 0. The molecule has 0 saturated carbocycles. The zero-order valence-corrected chi connectivity index (χ0v) is 18.5. The second kappa shape index (κ2) is 10.5. The molecule has 31 heavy (non-hydrogen) atoms. The molecule has 1 saturated heterocycles. The van der Waals surface area contributed by atoms with Crippen LogP contribution in [0.2, 0.25) is 0 Å². The average molecular weight is 438 g/mol. The number of carbonyl (C=O) groups is 1. The fraction of sp³-hybridized carbons (Fsp3) is 0.348. The number of thioether (sulfide) groups is 1. The number of carbonyl (C=O) groups excluding carboxylic acids is 1. The van der Waals surface area contributed by atoms with Crippen LogP contribution in [-0.2, 0) is 13.0 Å². The number of benzene rings is 1. The number of hydrogen-bond acceptors (Lipinski definition) is 6. The molecular weight excluding hydrogens is 410 g/mol. The Hall–Kier alpha value is -2.84. The molecule has 1 aliphatic rings. The second-order valence-electron chi connectivity index (χ2n) is 7.54. The van der Waals surface area contributed by atoms with Crippen LogP contribution in [-0.4, -0.2) is 62.8 Å². The van der Waals surface area contributed by atoms with Crippen molar-refractivity contribution in [2.24, 2.45) is 0 Å². The van der Waals surface area contributed by atoms with Crippen LogP contribution in [0.4, 0.5) is 4.79 Å². The molecular formula is C23H27N5O2S. The number of pyridine rings is 1. The summed E-state index contributed by atoms with van der Waals surface area (Å²) in [4.78, 5) is 28.5. The van der Waals surface area contributed by atoms with Crippen molar-refractivity contribution < 1.29 is 9.53 Å². The normalized spacial score (nSPS) is 14.5. The van der Waals surface area contributed by atoms with E-state index in [2.05, 4.69) is 19.9 Å². The fourth-order valence-corrected chi connectivity index (χ4v) is 4.31. The van der Waals surface area contributed by atoms with Gasteiger partial charge >= 0.3 is 6.09 Å². The highest BCUT2D eigenvalue weighted by Crippen LogP contribution is 2.18. The lowest BCUT2D eigenvalue weighted by atomic mass is 10.2. The summed E-state index contributed by atoms with van der Waals surface area (Å²) in [6.45, 7) is 5.77. The predicted molar refractivity (Wildman–Crippen MR) is 121 cm³/mol. The standard InChI is InChI=1S/C23H27N5O2S/c1-18-3-2-4-20(26-18)17-27-12-14-28(15-13-27)23(29)30-21-7-5-19(6-8-21)9-16-31-22-24-10-11-25-22/h2-8,10-11H,9,12-17H2,1H3,(H,24,25). The number of piperazine rings is 1. The number of hydrogen-bond donors (Lipinski definition) is 1. The van der Waals surface area contributed by atoms with Crippen LogP contribution in [0.1, 0.15) is 17.0 Å². The third kappa shape index (κ3) is 6.32. The molecule has 0 bridgehead atoms. The van der Waals surface area contributed by atoms with E-state index >= 15 is 0 Å². The summed E-state index contributed by atoms with van der Waals surface area (Å²) < 4.78 is 5.58. The van der Waals surface area contributed by atoms with E-state index in [4.69, 9.17) is 4.74 Å². The first-order chi connectivity index (χ1) is 15.2. The number of aromatic nitrogens is 3. The summed E-state index contributed by atoms with van der Waals surface area (Å²) in [5, 5.41) is 0.931. The number of nitrogens with one attached hydrogen (secondary N) is 1. The van der Waals surface area contributed by atoms with Gasteiger partial charge in [-0.25, -0.2) is 9.78 Å². The van der Waals surface area contributed by atoms with Crippen molar-refractivity contribution in [1.82, 2.24) is 24.8 Å². The lowest BCUT2D eigenvalue weighted by Gasteiger charge is -2.33. The van der Waals surface area contributed by atoms with Crippen molar-refractivity contribution in [2.45, 2.75) is 25.0 Å². The van der Waals surface area contributed by atoms with E-state index in [0.717, 1.165) is 48.4 Å². The number of H-pyrrole nitrogens is 1. The quantitative estimate of drug-likeness (QED) is 0.567. The lowest BCUT2D eigenvalue weighted by molar-refractivity contribution is 0.107. The van der Waals surface area contributed by atoms with Gasteiger partial charge in [0.1, 0.15) is 5.75 Å². The number of aromatic amines is 1. The first-order valence-corrected chi connectivity index (χ1v) is 11.5. The molecule has 0 aliphatic carbocycles. The number of amides is 1. The van der Waals surface area contributed by atoms with E-state index in [1.165, 1.54) is 5.56 Å². The van der Waals surface area contributed by atoms with Gasteiger partial charge in [-0.2, -0.15) is 0 Å². The van der Waals surface area contributed by atoms with E-state index in [0.29, 0.717) is 18.8 Å². The first kappa shape index (κ1) is 21.4. The molecule has 0 radical (unpaired) electrons. The molecule has 1 fully saturated rings. The molecule has 1 aromatic carbocycles. The summed E-state index contributed by atoms with van der Waals surface area (Å²) in [5.41, 5.74) is 3.30. The fourth-order valence-electron chi connectivity index (χ4n) is 3.49. The number of imidazole rings is 1. The van der Waals surface area contributed by atoms with Crippen LogP contribution in [0.3, 0.4) is 0 Å². The van der Waals surface area contributed by atoms with Crippen LogP contribution in [0, 0.1) is 6.92 Å². The third-order valence-corrected chi connectivity index (χ3v) is 6.10. The monoisotopic (exact) mass is 437 g/mol. The Morgan fingerprint density at radius 2 is 1.94 bits per heavy atom. The summed E-state index contributed by atoms with van der Waals surface area (Å²) in [6, 6.07) is 13.8. The molecule has 0 spiro atoms. The number of ether oxygens (including phenoxy) is 1. The largest absolute Gasteiger partial charge is 0.415 e. The molecule has 3 aromatic rings. The minimum absolute atomic E-state index is 0.283. The van der Waals surface area contributed by atoms with E-state index in [1.807, 2.05) is 55.6 Å². The topological polar surface area (TPSA) is 74.3 Å². The van der Waals surface area contributed by atoms with Crippen molar-refractivity contribution in [3.63, 3.8) is 0 Å². The van der Waals surface area contributed by atoms with Gasteiger partial charge in [0.2, 0.25) is 0 Å². The zero-order chi connectivity index (χ0) is 21.5. The van der Waals surface area contributed by atoms with E-state index in [9.17, 15) is 4.79 Å². The minimum atomic E-state index is -0.283. The molecule has 1 N–H and O–H groups in total. The Morgan fingerprint density at radius 3 is 2.65 bits per heavy atom. The maximum atomic E-state index is 12.5. The van der Waals surface area contributed by atoms with Crippen molar-refractivity contribution in [3.05, 3.63) is 71.8 Å². The minimum Gasteiger partial charge on any atom is -0.410 e. The number of aryl methyl sites for hydroxylation is 2. The van der Waals surface area contributed by atoms with Gasteiger partial charge < -0.3 is 14.6 Å². The Kier molecular flexibility index (Phi) is 7.22. The van der Waals surface area contributed by atoms with Gasteiger partial charge in [0.25, 0.3) is 0 Å². The molecule has 4 rings (SSSR count). The van der Waals surface area contributed by atoms with Gasteiger partial charge in [0, 0.05) is 56.6 Å². The highest BCUT2D eigenvalue weighted by molar-refractivity contribution is 7.99. The van der Waals surface area contributed by atoms with Gasteiger partial charge in [-0.05, 0) is 43.2 Å². The van der Waals surface area contributed by atoms with Crippen LogP contribution < -0.4 is 4.74 Å². The predicted octanol–water partition coefficient (Wildman–Crippen LogP) is 3.76. The maximum Gasteiger partial charge on any atom is 0.415 e. The zero-order valence-electron chi connectivity index (χ0n) is 17.7. The van der Waals surface area contributed by atoms with Crippen molar-refractivity contribution in [1.29, 1.82) is 0 Å². The molecule has 0 unspecified atom stereocenters. The molecule has 8 heteroatoms. The van der Waals surface area contributed by atoms with E-state index in [-0.39, 0.29) is 6.09 Å². The summed E-state index contributed by atoms with van der Waals surface area (Å²) >= 11 is 1.69. The SMILES string of the molecule is Cc1cccc(CN2CCN(C(=O)Oc3ccc(CCSc4ncc[nH]4)cc3)CC2)n1. The van der Waals surface area contributed by atoms with Crippen LogP contribution in [0.5, 0.6) is 5.75 Å². The molecule has 1 aliphatic heterocycles. The Bertz CT molecular complexity index is 970. The maximum absolute atomic E-state index is 12.5. The summed E-state index contributed by atoms with van der Waals surface area (Å²) in [5.74, 6) is 1.52. The van der Waals surface area contributed by atoms with Crippen molar-refractivity contribution >= 4 is 17.9 Å². The van der Waals surface area contributed by atoms with E-state index in [1.54, 1.807) is 22.9 Å². The van der Waals surface area contributed by atoms with Crippen molar-refractivity contribution in [2.75, 3.05) is 31.9 Å². The van der Waals surface area contributed by atoms with Gasteiger partial charge in [-0.1, -0.05) is 30.0 Å². The molecule has 1 amide bonds. The smallest absolute Gasteiger partial charge is 0.410 e. The Balaban J connectivity index is 1.19. The second-order valence-corrected chi connectivity index (χ2v) is 8.62. The van der Waals surface area contributed by atoms with Gasteiger partial charge in [0.05, 0.1) is 5.69 Å². The van der Waals surface area contributed by atoms with Crippen LogP contribution in [0.25, 0.3) is 0 Å². The molecule has 7 nitrogen and oxygen atoms in total. The Labute approximate surface area is 186 Å². The molecule has 3 heterocycles. The number of rotatable bonds is 7. The number of nitrogens with zero attached hydrogens (tertiary/aromatic N) is 4.